The van der Waals surface area contributed by atoms with E-state index in [1.165, 1.54) is 0 Å². The van der Waals surface area contributed by atoms with Gasteiger partial charge < -0.3 is 10.5 Å². The van der Waals surface area contributed by atoms with E-state index in [-0.39, 0.29) is 0 Å². The van der Waals surface area contributed by atoms with Gasteiger partial charge in [0.05, 0.1) is 7.11 Å². The van der Waals surface area contributed by atoms with E-state index >= 15 is 0 Å². The predicted molar refractivity (Wildman–Crippen MR) is 58.1 cm³/mol. The van der Waals surface area contributed by atoms with Crippen molar-refractivity contribution in [2.45, 2.75) is 13.3 Å². The van der Waals surface area contributed by atoms with E-state index in [1.54, 1.807) is 13.3 Å². The predicted octanol–water partition coefficient (Wildman–Crippen LogP) is 1.84. The summed E-state index contributed by atoms with van der Waals surface area (Å²) in [4.78, 5) is 4.27. The number of methoxy groups -OCH3 is 1. The van der Waals surface area contributed by atoms with Gasteiger partial charge in [-0.05, 0) is 37.6 Å². The van der Waals surface area contributed by atoms with Crippen molar-refractivity contribution in [1.29, 1.82) is 0 Å². The van der Waals surface area contributed by atoms with E-state index in [0.29, 0.717) is 6.54 Å². The molecule has 0 amide bonds. The molecule has 0 atom stereocenters. The van der Waals surface area contributed by atoms with Gasteiger partial charge in [0, 0.05) is 6.20 Å². The van der Waals surface area contributed by atoms with Crippen LogP contribution in [0.3, 0.4) is 0 Å². The molecule has 0 aliphatic carbocycles. The third-order valence-electron chi connectivity index (χ3n) is 1.98. The summed E-state index contributed by atoms with van der Waals surface area (Å²) in [6.07, 6.45) is 4.70. The van der Waals surface area contributed by atoms with Gasteiger partial charge in [-0.1, -0.05) is 6.08 Å². The van der Waals surface area contributed by atoms with Crippen molar-refractivity contribution in [2.75, 3.05) is 13.7 Å². The number of pyridine rings is 1. The largest absolute Gasteiger partial charge is 0.494 e. The van der Waals surface area contributed by atoms with Gasteiger partial charge in [0.15, 0.2) is 0 Å². The fraction of sp³-hybridized carbons (Fsp3) is 0.364. The lowest BCUT2D eigenvalue weighted by molar-refractivity contribution is 0.411. The molecule has 0 bridgehead atoms. The number of allylic oxidation sites excluding steroid dienone is 1. The SMILES string of the molecule is COc1cccnc1/C(C)=C/CCN. The number of hydrogen-bond acceptors (Lipinski definition) is 3. The Balaban J connectivity index is 2.93. The van der Waals surface area contributed by atoms with Crippen molar-refractivity contribution in [3.63, 3.8) is 0 Å². The molecule has 14 heavy (non-hydrogen) atoms. The summed E-state index contributed by atoms with van der Waals surface area (Å²) in [7, 11) is 1.65. The molecule has 3 nitrogen and oxygen atoms in total. The number of nitrogens with two attached hydrogens (primary N) is 1. The second kappa shape index (κ2) is 5.40. The Morgan fingerprint density at radius 2 is 2.43 bits per heavy atom. The van der Waals surface area contributed by atoms with Gasteiger partial charge in [-0.25, -0.2) is 0 Å². The minimum Gasteiger partial charge on any atom is -0.494 e. The first-order valence-corrected chi connectivity index (χ1v) is 4.65. The fourth-order valence-corrected chi connectivity index (χ4v) is 1.25. The molecule has 0 saturated heterocycles. The average Bonchev–Trinajstić information content (AvgIpc) is 2.25. The molecule has 3 heteroatoms. The molecule has 0 aliphatic rings. The zero-order valence-corrected chi connectivity index (χ0v) is 8.66. The van der Waals surface area contributed by atoms with Crippen LogP contribution in [-0.2, 0) is 0 Å². The molecule has 76 valence electrons. The number of ether oxygens (including phenoxy) is 1. The van der Waals surface area contributed by atoms with Crippen molar-refractivity contribution in [2.24, 2.45) is 5.73 Å². The van der Waals surface area contributed by atoms with E-state index < -0.39 is 0 Å². The molecule has 0 unspecified atom stereocenters. The highest BCUT2D eigenvalue weighted by Gasteiger charge is 2.03. The van der Waals surface area contributed by atoms with Gasteiger partial charge in [-0.15, -0.1) is 0 Å². The van der Waals surface area contributed by atoms with E-state index in [4.69, 9.17) is 10.5 Å². The second-order valence-corrected chi connectivity index (χ2v) is 3.02. The fourth-order valence-electron chi connectivity index (χ4n) is 1.25. The monoisotopic (exact) mass is 192 g/mol. The lowest BCUT2D eigenvalue weighted by Gasteiger charge is -2.06. The van der Waals surface area contributed by atoms with Crippen LogP contribution >= 0.6 is 0 Å². The van der Waals surface area contributed by atoms with Crippen LogP contribution in [0.15, 0.2) is 24.4 Å². The summed E-state index contributed by atoms with van der Waals surface area (Å²) in [6.45, 7) is 2.67. The summed E-state index contributed by atoms with van der Waals surface area (Å²) < 4.78 is 5.21. The lowest BCUT2D eigenvalue weighted by Crippen LogP contribution is -1.97. The Bertz CT molecular complexity index is 321. The number of rotatable bonds is 4. The summed E-state index contributed by atoms with van der Waals surface area (Å²) in [5.74, 6) is 0.804. The van der Waals surface area contributed by atoms with Gasteiger partial charge in [-0.2, -0.15) is 0 Å². The van der Waals surface area contributed by atoms with Gasteiger partial charge in [-0.3, -0.25) is 4.98 Å². The van der Waals surface area contributed by atoms with Gasteiger partial charge >= 0.3 is 0 Å². The summed E-state index contributed by atoms with van der Waals surface area (Å²) in [5, 5.41) is 0. The van der Waals surface area contributed by atoms with Gasteiger partial charge in [0.1, 0.15) is 11.4 Å². The van der Waals surface area contributed by atoms with Crippen LogP contribution < -0.4 is 10.5 Å². The first-order valence-electron chi connectivity index (χ1n) is 4.65. The van der Waals surface area contributed by atoms with Crippen LogP contribution in [0.25, 0.3) is 5.57 Å². The highest BCUT2D eigenvalue weighted by Crippen LogP contribution is 2.22. The van der Waals surface area contributed by atoms with E-state index in [0.717, 1.165) is 23.4 Å². The van der Waals surface area contributed by atoms with Crippen molar-refractivity contribution >= 4 is 5.57 Å². The quantitative estimate of drug-likeness (QED) is 0.791. The molecule has 1 aromatic rings. The zero-order valence-electron chi connectivity index (χ0n) is 8.66. The standard InChI is InChI=1S/C11H16N2O/c1-9(5-3-7-12)11-10(14-2)6-4-8-13-11/h4-6,8H,3,7,12H2,1-2H3/b9-5+. The van der Waals surface area contributed by atoms with Crippen LogP contribution in [0.5, 0.6) is 5.75 Å². The molecule has 2 N–H and O–H groups in total. The lowest BCUT2D eigenvalue weighted by atomic mass is 10.1. The molecule has 0 aliphatic heterocycles. The molecule has 0 fully saturated rings. The molecule has 1 rings (SSSR count). The van der Waals surface area contributed by atoms with E-state index in [2.05, 4.69) is 11.1 Å². The number of aromatic nitrogens is 1. The van der Waals surface area contributed by atoms with Crippen LogP contribution in [0, 0.1) is 0 Å². The Labute approximate surface area is 84.6 Å². The second-order valence-electron chi connectivity index (χ2n) is 3.02. The summed E-state index contributed by atoms with van der Waals surface area (Å²) in [6, 6.07) is 3.76. The molecule has 0 aromatic carbocycles. The molecule has 1 aromatic heterocycles. The summed E-state index contributed by atoms with van der Waals surface area (Å²) >= 11 is 0. The molecule has 0 saturated carbocycles. The normalized spacial score (nSPS) is 11.5. The Morgan fingerprint density at radius 1 is 1.64 bits per heavy atom. The first-order chi connectivity index (χ1) is 6.79. The Morgan fingerprint density at radius 3 is 3.07 bits per heavy atom. The Hall–Kier alpha value is -1.35. The maximum absolute atomic E-state index is 5.43. The van der Waals surface area contributed by atoms with Gasteiger partial charge in [0.25, 0.3) is 0 Å². The molecular weight excluding hydrogens is 176 g/mol. The zero-order chi connectivity index (χ0) is 10.4. The maximum atomic E-state index is 5.43. The molecule has 1 heterocycles. The minimum absolute atomic E-state index is 0.659. The smallest absolute Gasteiger partial charge is 0.144 e. The Kier molecular flexibility index (Phi) is 4.13. The number of nitrogens with zero attached hydrogens (tertiary/aromatic N) is 1. The number of hydrogen-bond donors (Lipinski definition) is 1. The first kappa shape index (κ1) is 10.7. The van der Waals surface area contributed by atoms with Crippen LogP contribution in [0.4, 0.5) is 0 Å². The van der Waals surface area contributed by atoms with Gasteiger partial charge in [0.2, 0.25) is 0 Å². The highest BCUT2D eigenvalue weighted by atomic mass is 16.5. The van der Waals surface area contributed by atoms with Crippen molar-refractivity contribution in [1.82, 2.24) is 4.98 Å². The minimum atomic E-state index is 0.659. The average molecular weight is 192 g/mol. The third-order valence-corrected chi connectivity index (χ3v) is 1.98. The van der Waals surface area contributed by atoms with Crippen molar-refractivity contribution < 1.29 is 4.74 Å². The van der Waals surface area contributed by atoms with Crippen LogP contribution in [0.2, 0.25) is 0 Å². The van der Waals surface area contributed by atoms with Crippen molar-refractivity contribution in [3.05, 3.63) is 30.1 Å². The molecular formula is C11H16N2O. The van der Waals surface area contributed by atoms with Crippen molar-refractivity contribution in [3.8, 4) is 5.75 Å². The molecule has 0 radical (unpaired) electrons. The van der Waals surface area contributed by atoms with E-state index in [9.17, 15) is 0 Å². The summed E-state index contributed by atoms with van der Waals surface area (Å²) in [5.41, 5.74) is 7.43. The molecule has 0 spiro atoms. The third kappa shape index (κ3) is 2.57. The maximum Gasteiger partial charge on any atom is 0.144 e. The van der Waals surface area contributed by atoms with Crippen LogP contribution in [0.1, 0.15) is 19.0 Å². The van der Waals surface area contributed by atoms with E-state index in [1.807, 2.05) is 19.1 Å². The topological polar surface area (TPSA) is 48.1 Å². The highest BCUT2D eigenvalue weighted by molar-refractivity contribution is 5.65. The van der Waals surface area contributed by atoms with Crippen LogP contribution in [-0.4, -0.2) is 18.6 Å².